The summed E-state index contributed by atoms with van der Waals surface area (Å²) in [5, 5.41) is 7.12. The van der Waals surface area contributed by atoms with Crippen molar-refractivity contribution in [2.75, 3.05) is 5.32 Å². The van der Waals surface area contributed by atoms with Crippen LogP contribution in [0.3, 0.4) is 0 Å². The lowest BCUT2D eigenvalue weighted by Gasteiger charge is -2.37. The molecule has 2 rings (SSSR count). The molecule has 2 N–H and O–H groups in total. The average molecular weight is 308 g/mol. The normalized spacial score (nSPS) is 22.7. The Balaban J connectivity index is 1.78. The predicted octanol–water partition coefficient (Wildman–Crippen LogP) is 4.72. The van der Waals surface area contributed by atoms with Gasteiger partial charge < -0.3 is 10.6 Å². The van der Waals surface area contributed by atoms with Crippen LogP contribution in [0.2, 0.25) is 0 Å². The molecule has 116 valence electrons. The molecule has 0 atom stereocenters. The lowest BCUT2D eigenvalue weighted by atomic mass is 9.71. The molecule has 1 aromatic rings. The third-order valence-electron chi connectivity index (χ3n) is 4.39. The number of hydrogen-bond acceptors (Lipinski definition) is 1. The molecule has 0 aliphatic heterocycles. The van der Waals surface area contributed by atoms with E-state index < -0.39 is 0 Å². The number of rotatable bonds is 2. The van der Waals surface area contributed by atoms with Gasteiger partial charge in [0.05, 0.1) is 0 Å². The number of halogens is 1. The monoisotopic (exact) mass is 308 g/mol. The number of benzene rings is 1. The predicted molar refractivity (Wildman–Crippen MR) is 91.0 cm³/mol. The highest BCUT2D eigenvalue weighted by atomic mass is 32.1. The molecule has 0 radical (unpaired) electrons. The second-order valence-corrected chi connectivity index (χ2v) is 7.43. The molecule has 1 aromatic carbocycles. The van der Waals surface area contributed by atoms with Crippen molar-refractivity contribution in [3.8, 4) is 0 Å². The summed E-state index contributed by atoms with van der Waals surface area (Å²) >= 11 is 5.34. The van der Waals surface area contributed by atoms with Crippen LogP contribution in [0.5, 0.6) is 0 Å². The standard InChI is InChI=1S/C17H25FN2S/c1-17(2,3)12-4-8-14(9-5-12)19-16(21)20-15-10-6-13(18)7-11-15/h6-7,10-12,14H,4-5,8-9H2,1-3H3,(H2,19,20,21). The van der Waals surface area contributed by atoms with Crippen LogP contribution in [0.25, 0.3) is 0 Å². The molecule has 0 unspecified atom stereocenters. The first-order valence-electron chi connectivity index (χ1n) is 7.67. The zero-order valence-corrected chi connectivity index (χ0v) is 13.9. The second-order valence-electron chi connectivity index (χ2n) is 7.02. The first-order valence-corrected chi connectivity index (χ1v) is 8.08. The molecule has 1 saturated carbocycles. The minimum atomic E-state index is -0.236. The number of hydrogen-bond donors (Lipinski definition) is 2. The van der Waals surface area contributed by atoms with Crippen molar-refractivity contribution >= 4 is 23.0 Å². The first-order chi connectivity index (χ1) is 9.84. The van der Waals surface area contributed by atoms with Gasteiger partial charge in [0.15, 0.2) is 5.11 Å². The largest absolute Gasteiger partial charge is 0.360 e. The van der Waals surface area contributed by atoms with E-state index in [2.05, 4.69) is 31.4 Å². The lowest BCUT2D eigenvalue weighted by Crippen LogP contribution is -2.41. The maximum Gasteiger partial charge on any atom is 0.170 e. The van der Waals surface area contributed by atoms with Gasteiger partial charge in [-0.05, 0) is 73.5 Å². The molecule has 21 heavy (non-hydrogen) atoms. The summed E-state index contributed by atoms with van der Waals surface area (Å²) in [5.41, 5.74) is 1.22. The van der Waals surface area contributed by atoms with Gasteiger partial charge in [0.25, 0.3) is 0 Å². The Morgan fingerprint density at radius 1 is 1.10 bits per heavy atom. The topological polar surface area (TPSA) is 24.1 Å². The third kappa shape index (κ3) is 4.95. The van der Waals surface area contributed by atoms with Gasteiger partial charge >= 0.3 is 0 Å². The van der Waals surface area contributed by atoms with Crippen molar-refractivity contribution in [3.05, 3.63) is 30.1 Å². The minimum Gasteiger partial charge on any atom is -0.360 e. The summed E-state index contributed by atoms with van der Waals surface area (Å²) in [4.78, 5) is 0. The van der Waals surface area contributed by atoms with E-state index in [1.165, 1.54) is 25.0 Å². The van der Waals surface area contributed by atoms with Gasteiger partial charge in [-0.3, -0.25) is 0 Å². The van der Waals surface area contributed by atoms with Crippen molar-refractivity contribution in [1.29, 1.82) is 0 Å². The van der Waals surface area contributed by atoms with Crippen molar-refractivity contribution in [2.24, 2.45) is 11.3 Å². The fraction of sp³-hybridized carbons (Fsp3) is 0.588. The Labute approximate surface area is 132 Å². The Bertz CT molecular complexity index is 471. The second kappa shape index (κ2) is 6.73. The highest BCUT2D eigenvalue weighted by molar-refractivity contribution is 7.80. The van der Waals surface area contributed by atoms with Crippen molar-refractivity contribution in [2.45, 2.75) is 52.5 Å². The highest BCUT2D eigenvalue weighted by Gasteiger charge is 2.29. The molecule has 0 spiro atoms. The van der Waals surface area contributed by atoms with Crippen LogP contribution in [-0.4, -0.2) is 11.2 Å². The summed E-state index contributed by atoms with van der Waals surface area (Å²) in [6.07, 6.45) is 4.82. The molecule has 0 amide bonds. The summed E-state index contributed by atoms with van der Waals surface area (Å²) in [6, 6.07) is 6.70. The van der Waals surface area contributed by atoms with Crippen LogP contribution in [0.1, 0.15) is 46.5 Å². The van der Waals surface area contributed by atoms with E-state index in [0.717, 1.165) is 24.4 Å². The summed E-state index contributed by atoms with van der Waals surface area (Å²) < 4.78 is 12.9. The van der Waals surface area contributed by atoms with Gasteiger partial charge in [-0.2, -0.15) is 0 Å². The average Bonchev–Trinajstić information content (AvgIpc) is 2.41. The fourth-order valence-electron chi connectivity index (χ4n) is 2.99. The summed E-state index contributed by atoms with van der Waals surface area (Å²) in [6.45, 7) is 6.98. The Morgan fingerprint density at radius 3 is 2.19 bits per heavy atom. The van der Waals surface area contributed by atoms with Crippen LogP contribution in [0.4, 0.5) is 10.1 Å². The molecule has 1 aliphatic rings. The lowest BCUT2D eigenvalue weighted by molar-refractivity contribution is 0.166. The molecular weight excluding hydrogens is 283 g/mol. The van der Waals surface area contributed by atoms with Gasteiger partial charge in [-0.1, -0.05) is 20.8 Å². The van der Waals surface area contributed by atoms with Crippen LogP contribution in [0.15, 0.2) is 24.3 Å². The maximum atomic E-state index is 12.9. The molecule has 4 heteroatoms. The summed E-state index contributed by atoms with van der Waals surface area (Å²) in [5.74, 6) is 0.564. The van der Waals surface area contributed by atoms with Crippen molar-refractivity contribution in [3.63, 3.8) is 0 Å². The van der Waals surface area contributed by atoms with Gasteiger partial charge in [0, 0.05) is 11.7 Å². The fourth-order valence-corrected chi connectivity index (χ4v) is 3.27. The van der Waals surface area contributed by atoms with Gasteiger partial charge in [-0.25, -0.2) is 4.39 Å². The third-order valence-corrected chi connectivity index (χ3v) is 4.61. The van der Waals surface area contributed by atoms with Crippen molar-refractivity contribution < 1.29 is 4.39 Å². The minimum absolute atomic E-state index is 0.236. The van der Waals surface area contributed by atoms with E-state index in [1.54, 1.807) is 12.1 Å². The molecule has 0 heterocycles. The Morgan fingerprint density at radius 2 is 1.67 bits per heavy atom. The molecule has 0 saturated heterocycles. The molecule has 0 bridgehead atoms. The maximum absolute atomic E-state index is 12.9. The molecular formula is C17H25FN2S. The van der Waals surface area contributed by atoms with E-state index in [4.69, 9.17) is 12.2 Å². The smallest absolute Gasteiger partial charge is 0.170 e. The van der Waals surface area contributed by atoms with E-state index >= 15 is 0 Å². The number of anilines is 1. The van der Waals surface area contributed by atoms with Crippen LogP contribution < -0.4 is 10.6 Å². The quantitative estimate of drug-likeness (QED) is 0.773. The van der Waals surface area contributed by atoms with Crippen molar-refractivity contribution in [1.82, 2.24) is 5.32 Å². The zero-order valence-electron chi connectivity index (χ0n) is 13.1. The van der Waals surface area contributed by atoms with E-state index in [9.17, 15) is 4.39 Å². The van der Waals surface area contributed by atoms with Crippen LogP contribution in [-0.2, 0) is 0 Å². The van der Waals surface area contributed by atoms with Gasteiger partial charge in [0.2, 0.25) is 0 Å². The van der Waals surface area contributed by atoms with E-state index in [0.29, 0.717) is 16.6 Å². The molecule has 1 aliphatic carbocycles. The Hall–Kier alpha value is -1.16. The zero-order chi connectivity index (χ0) is 15.5. The summed E-state index contributed by atoms with van der Waals surface area (Å²) in [7, 11) is 0. The highest BCUT2D eigenvalue weighted by Crippen LogP contribution is 2.37. The number of nitrogens with one attached hydrogen (secondary N) is 2. The Kier molecular flexibility index (Phi) is 5.20. The number of thiocarbonyl (C=S) groups is 1. The van der Waals surface area contributed by atoms with Crippen LogP contribution >= 0.6 is 12.2 Å². The first kappa shape index (κ1) is 16.2. The van der Waals surface area contributed by atoms with Crippen LogP contribution in [0, 0.1) is 17.2 Å². The SMILES string of the molecule is CC(C)(C)C1CCC(NC(=S)Nc2ccc(F)cc2)CC1. The van der Waals surface area contributed by atoms with E-state index in [1.807, 2.05) is 0 Å². The molecule has 1 fully saturated rings. The van der Waals surface area contributed by atoms with E-state index in [-0.39, 0.29) is 5.82 Å². The molecule has 0 aromatic heterocycles. The van der Waals surface area contributed by atoms with Gasteiger partial charge in [-0.15, -0.1) is 0 Å². The molecule has 2 nitrogen and oxygen atoms in total. The van der Waals surface area contributed by atoms with Gasteiger partial charge in [0.1, 0.15) is 5.82 Å².